The average Bonchev–Trinajstić information content (AvgIpc) is 2.81. The fraction of sp³-hybridized carbons (Fsp3) is 0.700. The number of carbonyl (C=O) groups excluding carboxylic acids is 1. The molecule has 0 bridgehead atoms. The number of aliphatic carboxylic acids is 1. The zero-order valence-electron chi connectivity index (χ0n) is 15.5. The van der Waals surface area contributed by atoms with Crippen LogP contribution in [0.4, 0.5) is 0 Å². The first-order chi connectivity index (χ1) is 12.3. The molecule has 0 saturated heterocycles. The molecule has 0 heterocycles. The van der Waals surface area contributed by atoms with Gasteiger partial charge in [0.15, 0.2) is 0 Å². The van der Waals surface area contributed by atoms with Crippen molar-refractivity contribution in [3.63, 3.8) is 0 Å². The molecule has 1 rings (SSSR count). The summed E-state index contributed by atoms with van der Waals surface area (Å²) in [6.07, 6.45) is 9.23. The van der Waals surface area contributed by atoms with Crippen LogP contribution in [-0.2, 0) is 9.59 Å². The standard InChI is InChI=1S/C20H32O6/c1-14(21)7-6-8-15(22)11-12-17-16(18(23)13-19(17)24)9-4-2-3-5-10-20(25)26/h2,4,11-12,14-17,19,21-22,24H,3,5-10,13H2,1H3,(H,25,26)/b4-2-,12-11+/t14-,15-,16+,17+,19+/m0/s1. The Morgan fingerprint density at radius 1 is 1.23 bits per heavy atom. The summed E-state index contributed by atoms with van der Waals surface area (Å²) in [5.74, 6) is -1.41. The number of carboxylic acid groups (broad SMARTS) is 1. The predicted octanol–water partition coefficient (Wildman–Crippen LogP) is 2.22. The van der Waals surface area contributed by atoms with Gasteiger partial charge in [0.05, 0.1) is 18.3 Å². The summed E-state index contributed by atoms with van der Waals surface area (Å²) in [4.78, 5) is 22.6. The fourth-order valence-electron chi connectivity index (χ4n) is 3.23. The zero-order chi connectivity index (χ0) is 19.5. The van der Waals surface area contributed by atoms with Gasteiger partial charge in [0.2, 0.25) is 0 Å². The van der Waals surface area contributed by atoms with E-state index in [4.69, 9.17) is 5.11 Å². The molecule has 0 unspecified atom stereocenters. The Hall–Kier alpha value is -1.50. The number of carbonyl (C=O) groups is 2. The SMILES string of the molecule is C[C@H](O)CCC[C@H](O)/C=C/[C@H]1[C@H](O)CC(=O)[C@@H]1C/C=C\CCCC(=O)O. The maximum absolute atomic E-state index is 12.1. The summed E-state index contributed by atoms with van der Waals surface area (Å²) in [5, 5.41) is 37.9. The lowest BCUT2D eigenvalue weighted by molar-refractivity contribution is -0.137. The van der Waals surface area contributed by atoms with Gasteiger partial charge in [-0.15, -0.1) is 0 Å². The lowest BCUT2D eigenvalue weighted by atomic mass is 9.90. The summed E-state index contributed by atoms with van der Waals surface area (Å²) < 4.78 is 0. The van der Waals surface area contributed by atoms with Crippen molar-refractivity contribution in [2.75, 3.05) is 0 Å². The Morgan fingerprint density at radius 3 is 2.62 bits per heavy atom. The molecule has 1 aliphatic carbocycles. The molecule has 6 heteroatoms. The van der Waals surface area contributed by atoms with Crippen LogP contribution in [0.15, 0.2) is 24.3 Å². The first kappa shape index (κ1) is 22.5. The zero-order valence-corrected chi connectivity index (χ0v) is 15.5. The van der Waals surface area contributed by atoms with Crippen LogP contribution in [0.3, 0.4) is 0 Å². The number of hydrogen-bond donors (Lipinski definition) is 4. The molecule has 1 saturated carbocycles. The van der Waals surface area contributed by atoms with E-state index in [2.05, 4.69) is 0 Å². The fourth-order valence-corrected chi connectivity index (χ4v) is 3.23. The molecule has 26 heavy (non-hydrogen) atoms. The Labute approximate surface area is 155 Å². The third-order valence-electron chi connectivity index (χ3n) is 4.73. The molecule has 0 amide bonds. The van der Waals surface area contributed by atoms with Gasteiger partial charge in [0, 0.05) is 24.7 Å². The third-order valence-corrected chi connectivity index (χ3v) is 4.73. The number of allylic oxidation sites excluding steroid dienone is 2. The van der Waals surface area contributed by atoms with E-state index in [1.807, 2.05) is 12.2 Å². The van der Waals surface area contributed by atoms with E-state index in [-0.39, 0.29) is 36.6 Å². The van der Waals surface area contributed by atoms with Gasteiger partial charge >= 0.3 is 5.97 Å². The largest absolute Gasteiger partial charge is 0.481 e. The van der Waals surface area contributed by atoms with E-state index < -0.39 is 18.2 Å². The minimum atomic E-state index is -0.815. The highest BCUT2D eigenvalue weighted by molar-refractivity contribution is 5.84. The number of ketones is 1. The topological polar surface area (TPSA) is 115 Å². The molecular formula is C20H32O6. The van der Waals surface area contributed by atoms with Crippen LogP contribution >= 0.6 is 0 Å². The highest BCUT2D eigenvalue weighted by atomic mass is 16.4. The lowest BCUT2D eigenvalue weighted by Crippen LogP contribution is -2.18. The van der Waals surface area contributed by atoms with E-state index in [9.17, 15) is 24.9 Å². The number of unbranched alkanes of at least 4 members (excludes halogenated alkanes) is 1. The second kappa shape index (κ2) is 12.0. The van der Waals surface area contributed by atoms with Gasteiger partial charge in [-0.1, -0.05) is 24.3 Å². The third kappa shape index (κ3) is 8.74. The van der Waals surface area contributed by atoms with E-state index in [0.29, 0.717) is 38.5 Å². The van der Waals surface area contributed by atoms with Crippen molar-refractivity contribution in [1.29, 1.82) is 0 Å². The Balaban J connectivity index is 2.47. The molecule has 0 aromatic heterocycles. The Bertz CT molecular complexity index is 497. The Morgan fingerprint density at radius 2 is 1.96 bits per heavy atom. The lowest BCUT2D eigenvalue weighted by Gasteiger charge is -2.16. The van der Waals surface area contributed by atoms with E-state index in [1.165, 1.54) is 0 Å². The van der Waals surface area contributed by atoms with Crippen molar-refractivity contribution in [2.45, 2.75) is 76.6 Å². The summed E-state index contributed by atoms with van der Waals surface area (Å²) in [7, 11) is 0. The van der Waals surface area contributed by atoms with Crippen molar-refractivity contribution >= 4 is 11.8 Å². The summed E-state index contributed by atoms with van der Waals surface area (Å²) in [6, 6.07) is 0. The van der Waals surface area contributed by atoms with Crippen molar-refractivity contribution in [1.82, 2.24) is 0 Å². The minimum Gasteiger partial charge on any atom is -0.481 e. The van der Waals surface area contributed by atoms with Crippen LogP contribution in [0.2, 0.25) is 0 Å². The molecule has 1 fully saturated rings. The Kier molecular flexibility index (Phi) is 10.4. The van der Waals surface area contributed by atoms with E-state index >= 15 is 0 Å². The van der Waals surface area contributed by atoms with Crippen LogP contribution in [0.25, 0.3) is 0 Å². The molecule has 1 aliphatic rings. The van der Waals surface area contributed by atoms with Gasteiger partial charge in [-0.3, -0.25) is 9.59 Å². The van der Waals surface area contributed by atoms with Gasteiger partial charge < -0.3 is 20.4 Å². The maximum Gasteiger partial charge on any atom is 0.303 e. The number of hydrogen-bond acceptors (Lipinski definition) is 5. The van der Waals surface area contributed by atoms with Crippen LogP contribution in [0.1, 0.15) is 58.3 Å². The predicted molar refractivity (Wildman–Crippen MR) is 98.5 cm³/mol. The van der Waals surface area contributed by atoms with Crippen LogP contribution in [0.5, 0.6) is 0 Å². The highest BCUT2D eigenvalue weighted by Crippen LogP contribution is 2.33. The second-order valence-electron chi connectivity index (χ2n) is 7.15. The van der Waals surface area contributed by atoms with Crippen molar-refractivity contribution in [2.24, 2.45) is 11.8 Å². The quantitative estimate of drug-likeness (QED) is 0.310. The summed E-state index contributed by atoms with van der Waals surface area (Å²) in [6.45, 7) is 1.71. The number of rotatable bonds is 12. The van der Waals surface area contributed by atoms with Gasteiger partial charge in [-0.2, -0.15) is 0 Å². The van der Waals surface area contributed by atoms with Crippen molar-refractivity contribution in [3.05, 3.63) is 24.3 Å². The van der Waals surface area contributed by atoms with Crippen LogP contribution in [-0.4, -0.2) is 50.5 Å². The second-order valence-corrected chi connectivity index (χ2v) is 7.15. The molecule has 5 atom stereocenters. The molecule has 6 nitrogen and oxygen atoms in total. The molecular weight excluding hydrogens is 336 g/mol. The monoisotopic (exact) mass is 368 g/mol. The molecule has 148 valence electrons. The summed E-state index contributed by atoms with van der Waals surface area (Å²) >= 11 is 0. The smallest absolute Gasteiger partial charge is 0.303 e. The molecule has 0 radical (unpaired) electrons. The maximum atomic E-state index is 12.1. The van der Waals surface area contributed by atoms with Gasteiger partial charge in [0.25, 0.3) is 0 Å². The van der Waals surface area contributed by atoms with Gasteiger partial charge in [-0.05, 0) is 45.4 Å². The van der Waals surface area contributed by atoms with E-state index in [0.717, 1.165) is 0 Å². The summed E-state index contributed by atoms with van der Waals surface area (Å²) in [5.41, 5.74) is 0. The van der Waals surface area contributed by atoms with Crippen molar-refractivity contribution < 1.29 is 30.0 Å². The van der Waals surface area contributed by atoms with Crippen LogP contribution < -0.4 is 0 Å². The van der Waals surface area contributed by atoms with Gasteiger partial charge in [0.1, 0.15) is 5.78 Å². The molecule has 4 N–H and O–H groups in total. The average molecular weight is 368 g/mol. The van der Waals surface area contributed by atoms with E-state index in [1.54, 1.807) is 19.1 Å². The highest BCUT2D eigenvalue weighted by Gasteiger charge is 2.39. The normalized spacial score (nSPS) is 26.0. The number of carboxylic acids is 1. The number of Topliss-reactive ketones (excluding diaryl/α,β-unsaturated/α-hetero) is 1. The molecule has 0 aromatic rings. The van der Waals surface area contributed by atoms with Gasteiger partial charge in [-0.25, -0.2) is 0 Å². The molecule has 0 aromatic carbocycles. The number of aliphatic hydroxyl groups is 3. The first-order valence-electron chi connectivity index (χ1n) is 9.43. The van der Waals surface area contributed by atoms with Crippen LogP contribution in [0, 0.1) is 11.8 Å². The molecule has 0 spiro atoms. The van der Waals surface area contributed by atoms with Crippen molar-refractivity contribution in [3.8, 4) is 0 Å². The number of aliphatic hydroxyl groups excluding tert-OH is 3. The molecule has 0 aliphatic heterocycles. The minimum absolute atomic E-state index is 0.0194. The first-order valence-corrected chi connectivity index (χ1v) is 9.43.